The normalized spacial score (nSPS) is 21.5. The van der Waals surface area contributed by atoms with Gasteiger partial charge in [-0.2, -0.15) is 0 Å². The highest BCUT2D eigenvalue weighted by Crippen LogP contribution is 2.42. The summed E-state index contributed by atoms with van der Waals surface area (Å²) in [6, 6.07) is 3.58. The van der Waals surface area contributed by atoms with Gasteiger partial charge < -0.3 is 23.7 Å². The second-order valence-electron chi connectivity index (χ2n) is 6.41. The molecule has 0 bridgehead atoms. The number of ketones is 1. The van der Waals surface area contributed by atoms with Gasteiger partial charge in [0, 0.05) is 37.2 Å². The van der Waals surface area contributed by atoms with Crippen LogP contribution in [0.5, 0.6) is 17.2 Å². The fourth-order valence-corrected chi connectivity index (χ4v) is 3.31. The Balaban J connectivity index is 2.55. The summed E-state index contributed by atoms with van der Waals surface area (Å²) in [7, 11) is 6.15. The van der Waals surface area contributed by atoms with E-state index in [1.807, 2.05) is 6.07 Å². The zero-order chi connectivity index (χ0) is 20.7. The molecule has 6 nitrogen and oxygen atoms in total. The van der Waals surface area contributed by atoms with E-state index >= 15 is 0 Å². The van der Waals surface area contributed by atoms with Crippen LogP contribution in [0.15, 0.2) is 49.3 Å². The summed E-state index contributed by atoms with van der Waals surface area (Å²) in [5.41, 5.74) is 0.844. The van der Waals surface area contributed by atoms with Gasteiger partial charge in [0.15, 0.2) is 23.0 Å². The van der Waals surface area contributed by atoms with Crippen LogP contribution < -0.4 is 14.2 Å². The van der Waals surface area contributed by atoms with Crippen molar-refractivity contribution < 1.29 is 28.5 Å². The number of rotatable bonds is 10. The second-order valence-corrected chi connectivity index (χ2v) is 6.41. The summed E-state index contributed by atoms with van der Waals surface area (Å²) in [5.74, 6) is 0.379. The number of carbonyl (C=O) groups excluding carboxylic acids is 1. The van der Waals surface area contributed by atoms with E-state index in [1.54, 1.807) is 32.4 Å². The zero-order valence-corrected chi connectivity index (χ0v) is 16.9. The van der Waals surface area contributed by atoms with Crippen LogP contribution in [-0.2, 0) is 20.7 Å². The van der Waals surface area contributed by atoms with E-state index in [2.05, 4.69) is 13.2 Å². The second kappa shape index (κ2) is 9.46. The highest BCUT2D eigenvalue weighted by molar-refractivity contribution is 5.93. The molecule has 152 valence electrons. The van der Waals surface area contributed by atoms with Crippen LogP contribution >= 0.6 is 0 Å². The predicted octanol–water partition coefficient (Wildman–Crippen LogP) is 3.85. The lowest BCUT2D eigenvalue weighted by Gasteiger charge is -2.39. The highest BCUT2D eigenvalue weighted by atomic mass is 16.7. The van der Waals surface area contributed by atoms with Crippen molar-refractivity contribution in [1.29, 1.82) is 0 Å². The monoisotopic (exact) mass is 388 g/mol. The minimum Gasteiger partial charge on any atom is -0.494 e. The van der Waals surface area contributed by atoms with Gasteiger partial charge in [0.1, 0.15) is 5.75 Å². The predicted molar refractivity (Wildman–Crippen MR) is 107 cm³/mol. The smallest absolute Gasteiger partial charge is 0.269 e. The first-order chi connectivity index (χ1) is 13.5. The van der Waals surface area contributed by atoms with Crippen LogP contribution in [0.25, 0.3) is 0 Å². The van der Waals surface area contributed by atoms with Gasteiger partial charge in [-0.1, -0.05) is 12.2 Å². The molecule has 1 aromatic rings. The molecule has 2 atom stereocenters. The third-order valence-corrected chi connectivity index (χ3v) is 4.77. The van der Waals surface area contributed by atoms with Gasteiger partial charge in [-0.05, 0) is 18.9 Å². The number of carbonyl (C=O) groups is 1. The Morgan fingerprint density at radius 2 is 1.71 bits per heavy atom. The molecule has 0 N–H and O–H groups in total. The van der Waals surface area contributed by atoms with Gasteiger partial charge in [0.25, 0.3) is 5.79 Å². The molecule has 0 heterocycles. The average Bonchev–Trinajstić information content (AvgIpc) is 2.71. The number of allylic oxidation sites excluding steroid dienone is 3. The topological polar surface area (TPSA) is 63.2 Å². The largest absolute Gasteiger partial charge is 0.494 e. The first-order valence-electron chi connectivity index (χ1n) is 8.99. The Morgan fingerprint density at radius 1 is 1.04 bits per heavy atom. The van der Waals surface area contributed by atoms with Gasteiger partial charge in [0.2, 0.25) is 0 Å². The Labute approximate surface area is 166 Å². The molecule has 0 spiro atoms. The van der Waals surface area contributed by atoms with Crippen molar-refractivity contribution in [3.63, 3.8) is 0 Å². The van der Waals surface area contributed by atoms with Gasteiger partial charge in [-0.3, -0.25) is 4.79 Å². The summed E-state index contributed by atoms with van der Waals surface area (Å²) in [4.78, 5) is 12.4. The van der Waals surface area contributed by atoms with Crippen molar-refractivity contribution in [3.05, 3.63) is 54.8 Å². The van der Waals surface area contributed by atoms with E-state index in [4.69, 9.17) is 23.7 Å². The Morgan fingerprint density at radius 3 is 2.25 bits per heavy atom. The van der Waals surface area contributed by atoms with Crippen molar-refractivity contribution in [2.45, 2.75) is 25.0 Å². The van der Waals surface area contributed by atoms with Gasteiger partial charge >= 0.3 is 0 Å². The molecule has 0 fully saturated rings. The van der Waals surface area contributed by atoms with Gasteiger partial charge in [-0.15, -0.1) is 13.2 Å². The van der Waals surface area contributed by atoms with E-state index in [0.717, 1.165) is 5.56 Å². The number of benzene rings is 1. The third-order valence-electron chi connectivity index (χ3n) is 4.77. The fourth-order valence-electron chi connectivity index (χ4n) is 3.31. The lowest BCUT2D eigenvalue weighted by molar-refractivity contribution is -0.178. The molecule has 2 rings (SSSR count). The number of hydrogen-bond acceptors (Lipinski definition) is 6. The zero-order valence-electron chi connectivity index (χ0n) is 16.9. The first-order valence-corrected chi connectivity index (χ1v) is 8.99. The SMILES string of the molecule is C=CCc1cc(OC)c(OC)cc1O[C@]1(OC)C[C@H](CC=C)C(=O)C=C1OC. The maximum absolute atomic E-state index is 12.4. The molecule has 0 aromatic heterocycles. The lowest BCUT2D eigenvalue weighted by atomic mass is 9.85. The summed E-state index contributed by atoms with van der Waals surface area (Å²) >= 11 is 0. The van der Waals surface area contributed by atoms with Crippen molar-refractivity contribution in [3.8, 4) is 17.2 Å². The molecule has 1 aliphatic carbocycles. The molecule has 1 aromatic carbocycles. The minimum atomic E-state index is -1.24. The van der Waals surface area contributed by atoms with Gasteiger partial charge in [-0.25, -0.2) is 0 Å². The fraction of sp³-hybridized carbons (Fsp3) is 0.409. The molecule has 0 saturated heterocycles. The average molecular weight is 388 g/mol. The highest BCUT2D eigenvalue weighted by Gasteiger charge is 2.46. The lowest BCUT2D eigenvalue weighted by Crippen LogP contribution is -2.47. The van der Waals surface area contributed by atoms with E-state index in [1.165, 1.54) is 20.3 Å². The van der Waals surface area contributed by atoms with E-state index in [9.17, 15) is 4.79 Å². The van der Waals surface area contributed by atoms with Crippen molar-refractivity contribution in [2.75, 3.05) is 28.4 Å². The number of ether oxygens (including phenoxy) is 5. The maximum Gasteiger partial charge on any atom is 0.269 e. The summed E-state index contributed by atoms with van der Waals surface area (Å²) in [6.07, 6.45) is 6.30. The van der Waals surface area contributed by atoms with Crippen LogP contribution in [0, 0.1) is 5.92 Å². The first kappa shape index (κ1) is 21.6. The van der Waals surface area contributed by atoms with E-state index < -0.39 is 5.79 Å². The quantitative estimate of drug-likeness (QED) is 0.448. The van der Waals surface area contributed by atoms with Crippen LogP contribution in [-0.4, -0.2) is 40.0 Å². The Bertz CT molecular complexity index is 767. The molecule has 0 amide bonds. The summed E-state index contributed by atoms with van der Waals surface area (Å²) in [5, 5.41) is 0. The summed E-state index contributed by atoms with van der Waals surface area (Å²) in [6.45, 7) is 7.55. The Hall–Kier alpha value is -2.73. The third kappa shape index (κ3) is 4.22. The van der Waals surface area contributed by atoms with E-state index in [-0.39, 0.29) is 11.7 Å². The van der Waals surface area contributed by atoms with Gasteiger partial charge in [0.05, 0.1) is 21.3 Å². The Kier molecular flexibility index (Phi) is 7.29. The standard InChI is InChI=1S/C22H28O6/c1-7-9-15-11-19(24-3)20(25-4)13-18(15)28-22(27-6)14-16(10-8-2)17(23)12-21(22)26-5/h7-8,11-13,16H,1-2,9-10,14H2,3-6H3/t16-,22+/m0/s1. The molecule has 0 unspecified atom stereocenters. The van der Waals surface area contributed by atoms with Crippen molar-refractivity contribution in [2.24, 2.45) is 5.92 Å². The number of methoxy groups -OCH3 is 4. The minimum absolute atomic E-state index is 0.0355. The molecular formula is C22H28O6. The van der Waals surface area contributed by atoms with Crippen molar-refractivity contribution in [1.82, 2.24) is 0 Å². The molecule has 1 aliphatic rings. The van der Waals surface area contributed by atoms with Crippen LogP contribution in [0.2, 0.25) is 0 Å². The molecule has 0 radical (unpaired) electrons. The van der Waals surface area contributed by atoms with Crippen molar-refractivity contribution >= 4 is 5.78 Å². The maximum atomic E-state index is 12.4. The van der Waals surface area contributed by atoms with E-state index in [0.29, 0.717) is 42.3 Å². The van der Waals surface area contributed by atoms with Crippen LogP contribution in [0.3, 0.4) is 0 Å². The van der Waals surface area contributed by atoms with Crippen LogP contribution in [0.4, 0.5) is 0 Å². The molecular weight excluding hydrogens is 360 g/mol. The van der Waals surface area contributed by atoms with Crippen LogP contribution in [0.1, 0.15) is 18.4 Å². The summed E-state index contributed by atoms with van der Waals surface area (Å²) < 4.78 is 28.4. The molecule has 28 heavy (non-hydrogen) atoms. The molecule has 0 aliphatic heterocycles. The number of hydrogen-bond donors (Lipinski definition) is 0. The molecule has 0 saturated carbocycles. The molecule has 6 heteroatoms.